The van der Waals surface area contributed by atoms with Crippen LogP contribution >= 0.6 is 0 Å². The quantitative estimate of drug-likeness (QED) is 0.344. The summed E-state index contributed by atoms with van der Waals surface area (Å²) in [5, 5.41) is 14.3. The second kappa shape index (κ2) is 6.87. The van der Waals surface area contributed by atoms with Crippen LogP contribution in [-0.4, -0.2) is 25.6 Å². The van der Waals surface area contributed by atoms with Gasteiger partial charge in [0.25, 0.3) is 0 Å². The van der Waals surface area contributed by atoms with Crippen LogP contribution in [0.15, 0.2) is 4.99 Å². The zero-order valence-electron chi connectivity index (χ0n) is 7.02. The molecule has 0 aliphatic heterocycles. The van der Waals surface area contributed by atoms with Crippen LogP contribution in [0.5, 0.6) is 0 Å². The van der Waals surface area contributed by atoms with Gasteiger partial charge in [0.1, 0.15) is 6.54 Å². The van der Waals surface area contributed by atoms with E-state index in [4.69, 9.17) is 5.26 Å². The maximum Gasteiger partial charge on any atom is 0.192 e. The van der Waals surface area contributed by atoms with Crippen molar-refractivity contribution in [3.8, 4) is 6.07 Å². The first-order chi connectivity index (χ1) is 5.35. The van der Waals surface area contributed by atoms with Gasteiger partial charge < -0.3 is 10.6 Å². The summed E-state index contributed by atoms with van der Waals surface area (Å²) in [5.74, 6) is 0.705. The second-order valence-corrected chi connectivity index (χ2v) is 1.88. The molecule has 0 rings (SSSR count). The molecule has 0 radical (unpaired) electrons. The van der Waals surface area contributed by atoms with Gasteiger partial charge in [0.15, 0.2) is 5.96 Å². The first kappa shape index (κ1) is 9.76. The molecule has 0 saturated carbocycles. The Kier molecular flexibility index (Phi) is 6.10. The molecule has 11 heavy (non-hydrogen) atoms. The number of rotatable bonds is 3. The van der Waals surface area contributed by atoms with Crippen molar-refractivity contribution in [1.82, 2.24) is 10.6 Å². The summed E-state index contributed by atoms with van der Waals surface area (Å²) in [7, 11) is 0. The van der Waals surface area contributed by atoms with Crippen molar-refractivity contribution in [2.75, 3.05) is 19.6 Å². The lowest BCUT2D eigenvalue weighted by atomic mass is 10.6. The largest absolute Gasteiger partial charge is 0.357 e. The van der Waals surface area contributed by atoms with Crippen molar-refractivity contribution in [2.45, 2.75) is 13.8 Å². The standard InChI is InChI=1S/C7H14N4/c1-3-9-7(10-4-2)11-6-5-8/h3-4,6H2,1-2H3,(H2,9,10,11). The zero-order valence-corrected chi connectivity index (χ0v) is 7.02. The molecule has 0 heterocycles. The molecule has 0 aliphatic carbocycles. The van der Waals surface area contributed by atoms with E-state index in [0.29, 0.717) is 5.96 Å². The highest BCUT2D eigenvalue weighted by Crippen LogP contribution is 1.70. The Balaban J connectivity index is 3.77. The van der Waals surface area contributed by atoms with Gasteiger partial charge in [-0.1, -0.05) is 0 Å². The highest BCUT2D eigenvalue weighted by molar-refractivity contribution is 5.79. The van der Waals surface area contributed by atoms with Gasteiger partial charge >= 0.3 is 0 Å². The van der Waals surface area contributed by atoms with Crippen LogP contribution in [0.4, 0.5) is 0 Å². The highest BCUT2D eigenvalue weighted by Gasteiger charge is 1.90. The van der Waals surface area contributed by atoms with E-state index in [2.05, 4.69) is 15.6 Å². The van der Waals surface area contributed by atoms with Gasteiger partial charge in [-0.25, -0.2) is 4.99 Å². The lowest BCUT2D eigenvalue weighted by Gasteiger charge is -2.07. The van der Waals surface area contributed by atoms with Crippen LogP contribution in [0.2, 0.25) is 0 Å². The zero-order chi connectivity index (χ0) is 8.53. The number of aliphatic imine (C=N–C) groups is 1. The Morgan fingerprint density at radius 2 is 1.91 bits per heavy atom. The molecule has 2 N–H and O–H groups in total. The smallest absolute Gasteiger partial charge is 0.192 e. The first-order valence-electron chi connectivity index (χ1n) is 3.74. The molecule has 0 aromatic heterocycles. The molecule has 0 aliphatic rings. The van der Waals surface area contributed by atoms with Crippen LogP contribution in [0.1, 0.15) is 13.8 Å². The van der Waals surface area contributed by atoms with E-state index in [1.807, 2.05) is 19.9 Å². The summed E-state index contributed by atoms with van der Waals surface area (Å²) in [5.41, 5.74) is 0. The third kappa shape index (κ3) is 5.22. The van der Waals surface area contributed by atoms with Gasteiger partial charge in [0, 0.05) is 13.1 Å². The van der Waals surface area contributed by atoms with Crippen molar-refractivity contribution in [1.29, 1.82) is 5.26 Å². The van der Waals surface area contributed by atoms with Crippen molar-refractivity contribution < 1.29 is 0 Å². The maximum atomic E-state index is 8.24. The van der Waals surface area contributed by atoms with Crippen molar-refractivity contribution in [2.24, 2.45) is 4.99 Å². The van der Waals surface area contributed by atoms with Gasteiger partial charge in [0.05, 0.1) is 6.07 Å². The summed E-state index contributed by atoms with van der Waals surface area (Å²) >= 11 is 0. The fourth-order valence-electron chi connectivity index (χ4n) is 0.624. The fourth-order valence-corrected chi connectivity index (χ4v) is 0.624. The lowest BCUT2D eigenvalue weighted by molar-refractivity contribution is 0.851. The SMILES string of the molecule is CCNC(=NCC#N)NCC. The van der Waals surface area contributed by atoms with E-state index in [-0.39, 0.29) is 6.54 Å². The summed E-state index contributed by atoms with van der Waals surface area (Å²) in [4.78, 5) is 3.96. The predicted molar refractivity (Wildman–Crippen MR) is 45.3 cm³/mol. The van der Waals surface area contributed by atoms with E-state index in [0.717, 1.165) is 13.1 Å². The molecule has 0 fully saturated rings. The molecule has 4 heteroatoms. The average Bonchev–Trinajstić information content (AvgIpc) is 2.01. The Morgan fingerprint density at radius 3 is 2.27 bits per heavy atom. The summed E-state index contributed by atoms with van der Waals surface area (Å²) in [6.07, 6.45) is 0. The normalized spacial score (nSPS) is 8.09. The summed E-state index contributed by atoms with van der Waals surface area (Å²) in [6, 6.07) is 1.95. The molecule has 0 spiro atoms. The number of hydrogen-bond acceptors (Lipinski definition) is 2. The van der Waals surface area contributed by atoms with E-state index in [1.165, 1.54) is 0 Å². The van der Waals surface area contributed by atoms with Gasteiger partial charge in [-0.2, -0.15) is 5.26 Å². The molecule has 0 atom stereocenters. The van der Waals surface area contributed by atoms with Crippen molar-refractivity contribution in [3.63, 3.8) is 0 Å². The Hall–Kier alpha value is -1.24. The van der Waals surface area contributed by atoms with E-state index in [9.17, 15) is 0 Å². The Bertz CT molecular complexity index is 148. The number of nitriles is 1. The van der Waals surface area contributed by atoms with Crippen molar-refractivity contribution in [3.05, 3.63) is 0 Å². The molecule has 62 valence electrons. The van der Waals surface area contributed by atoms with Crippen LogP contribution in [0, 0.1) is 11.3 Å². The van der Waals surface area contributed by atoms with Crippen molar-refractivity contribution >= 4 is 5.96 Å². The first-order valence-corrected chi connectivity index (χ1v) is 3.74. The molecular weight excluding hydrogens is 140 g/mol. The fraction of sp³-hybridized carbons (Fsp3) is 0.714. The molecule has 0 aromatic carbocycles. The molecule has 0 bridgehead atoms. The third-order valence-corrected chi connectivity index (χ3v) is 0.996. The minimum Gasteiger partial charge on any atom is -0.357 e. The maximum absolute atomic E-state index is 8.24. The van der Waals surface area contributed by atoms with Gasteiger partial charge in [-0.15, -0.1) is 0 Å². The molecular formula is C7H14N4. The molecule has 0 amide bonds. The van der Waals surface area contributed by atoms with Crippen LogP contribution in [-0.2, 0) is 0 Å². The average molecular weight is 154 g/mol. The van der Waals surface area contributed by atoms with E-state index in [1.54, 1.807) is 0 Å². The topological polar surface area (TPSA) is 60.2 Å². The lowest BCUT2D eigenvalue weighted by Crippen LogP contribution is -2.37. The van der Waals surface area contributed by atoms with Gasteiger partial charge in [0.2, 0.25) is 0 Å². The monoisotopic (exact) mass is 154 g/mol. The minimum atomic E-state index is 0.204. The molecule has 0 unspecified atom stereocenters. The summed E-state index contributed by atoms with van der Waals surface area (Å²) in [6.45, 7) is 5.81. The van der Waals surface area contributed by atoms with Gasteiger partial charge in [-0.3, -0.25) is 0 Å². The number of hydrogen-bond donors (Lipinski definition) is 2. The predicted octanol–water partition coefficient (Wildman–Crippen LogP) is 0.0850. The number of nitrogens with zero attached hydrogens (tertiary/aromatic N) is 2. The van der Waals surface area contributed by atoms with Gasteiger partial charge in [-0.05, 0) is 13.8 Å². The second-order valence-electron chi connectivity index (χ2n) is 1.88. The van der Waals surface area contributed by atoms with Crippen LogP contribution < -0.4 is 10.6 Å². The summed E-state index contributed by atoms with van der Waals surface area (Å²) < 4.78 is 0. The third-order valence-electron chi connectivity index (χ3n) is 0.996. The van der Waals surface area contributed by atoms with E-state index >= 15 is 0 Å². The molecule has 0 saturated heterocycles. The Labute approximate surface area is 67.3 Å². The van der Waals surface area contributed by atoms with Crippen LogP contribution in [0.3, 0.4) is 0 Å². The number of guanidine groups is 1. The minimum absolute atomic E-state index is 0.204. The highest BCUT2D eigenvalue weighted by atomic mass is 15.2. The number of nitrogens with one attached hydrogen (secondary N) is 2. The molecule has 4 nitrogen and oxygen atoms in total. The Morgan fingerprint density at radius 1 is 1.36 bits per heavy atom. The molecule has 0 aromatic rings. The van der Waals surface area contributed by atoms with E-state index < -0.39 is 0 Å². The van der Waals surface area contributed by atoms with Crippen LogP contribution in [0.25, 0.3) is 0 Å².